The van der Waals surface area contributed by atoms with Crippen molar-refractivity contribution in [3.05, 3.63) is 24.3 Å². The van der Waals surface area contributed by atoms with Crippen LogP contribution in [0, 0.1) is 5.92 Å². The molecule has 0 spiro atoms. The lowest BCUT2D eigenvalue weighted by atomic mass is 10.1. The van der Waals surface area contributed by atoms with Gasteiger partial charge in [0.25, 0.3) is 0 Å². The summed E-state index contributed by atoms with van der Waals surface area (Å²) in [4.78, 5) is 40.0. The van der Waals surface area contributed by atoms with Gasteiger partial charge in [-0.3, -0.25) is 9.59 Å². The van der Waals surface area contributed by atoms with Gasteiger partial charge in [0, 0.05) is 26.1 Å². The second kappa shape index (κ2) is 7.13. The van der Waals surface area contributed by atoms with E-state index in [1.54, 1.807) is 18.0 Å². The molecule has 1 heterocycles. The number of carbonyl (C=O) groups excluding carboxylic acids is 3. The fourth-order valence-corrected chi connectivity index (χ4v) is 3.01. The summed E-state index contributed by atoms with van der Waals surface area (Å²) in [7, 11) is 1.61. The van der Waals surface area contributed by atoms with Crippen molar-refractivity contribution in [3.63, 3.8) is 0 Å². The predicted molar refractivity (Wildman–Crippen MR) is 95.4 cm³/mol. The molecule has 1 unspecified atom stereocenters. The fourth-order valence-electron chi connectivity index (χ4n) is 3.01. The molecule has 4 amide bonds. The Hall–Kier alpha value is -2.57. The Bertz CT molecular complexity index is 687. The van der Waals surface area contributed by atoms with Gasteiger partial charge in [-0.15, -0.1) is 0 Å². The van der Waals surface area contributed by atoms with Crippen LogP contribution in [-0.4, -0.2) is 48.9 Å². The lowest BCUT2D eigenvalue weighted by molar-refractivity contribution is -0.119. The van der Waals surface area contributed by atoms with E-state index in [4.69, 9.17) is 0 Å². The van der Waals surface area contributed by atoms with Crippen LogP contribution in [0.3, 0.4) is 0 Å². The van der Waals surface area contributed by atoms with E-state index in [2.05, 4.69) is 10.6 Å². The number of benzene rings is 1. The van der Waals surface area contributed by atoms with Gasteiger partial charge in [-0.05, 0) is 37.8 Å². The molecule has 1 atom stereocenters. The summed E-state index contributed by atoms with van der Waals surface area (Å²) in [6, 6.07) is 6.70. The summed E-state index contributed by atoms with van der Waals surface area (Å²) in [6.07, 6.45) is 2.54. The maximum absolute atomic E-state index is 12.9. The van der Waals surface area contributed by atoms with Crippen molar-refractivity contribution in [2.24, 2.45) is 5.92 Å². The summed E-state index contributed by atoms with van der Waals surface area (Å²) in [5, 5.41) is 5.68. The topological polar surface area (TPSA) is 81.8 Å². The number of likely N-dealkylation sites (N-methyl/N-ethyl adjacent to an activating group) is 1. The second-order valence-electron chi connectivity index (χ2n) is 6.87. The molecular formula is C18H24N4O3. The van der Waals surface area contributed by atoms with Crippen LogP contribution in [0.2, 0.25) is 0 Å². The molecule has 1 aromatic carbocycles. The molecule has 2 aliphatic rings. The van der Waals surface area contributed by atoms with Crippen LogP contribution in [0.1, 0.15) is 26.2 Å². The molecule has 0 saturated heterocycles. The maximum Gasteiger partial charge on any atom is 0.317 e. The van der Waals surface area contributed by atoms with Crippen molar-refractivity contribution in [2.45, 2.75) is 32.2 Å². The van der Waals surface area contributed by atoms with Crippen LogP contribution in [0.15, 0.2) is 24.3 Å². The quantitative estimate of drug-likeness (QED) is 0.874. The van der Waals surface area contributed by atoms with Crippen LogP contribution < -0.4 is 15.5 Å². The Morgan fingerprint density at radius 1 is 1.32 bits per heavy atom. The smallest absolute Gasteiger partial charge is 0.317 e. The number of rotatable bonds is 4. The first kappa shape index (κ1) is 17.3. The van der Waals surface area contributed by atoms with Gasteiger partial charge in [-0.2, -0.15) is 0 Å². The Kier molecular flexibility index (Phi) is 4.92. The minimum atomic E-state index is -0.279. The minimum Gasteiger partial charge on any atom is -0.338 e. The van der Waals surface area contributed by atoms with E-state index in [1.165, 1.54) is 4.90 Å². The first-order chi connectivity index (χ1) is 12.0. The van der Waals surface area contributed by atoms with Gasteiger partial charge >= 0.3 is 6.03 Å². The highest BCUT2D eigenvalue weighted by Crippen LogP contribution is 2.31. The van der Waals surface area contributed by atoms with E-state index in [-0.39, 0.29) is 36.9 Å². The third kappa shape index (κ3) is 4.10. The molecule has 1 aliphatic heterocycles. The lowest BCUT2D eigenvalue weighted by Crippen LogP contribution is -2.48. The highest BCUT2D eigenvalue weighted by atomic mass is 16.2. The molecule has 25 heavy (non-hydrogen) atoms. The summed E-state index contributed by atoms with van der Waals surface area (Å²) in [5.74, 6) is 0.258. The van der Waals surface area contributed by atoms with Crippen LogP contribution in [0.25, 0.3) is 0 Å². The maximum atomic E-state index is 12.9. The molecule has 7 heteroatoms. The molecular weight excluding hydrogens is 320 g/mol. The third-order valence-corrected chi connectivity index (χ3v) is 4.59. The summed E-state index contributed by atoms with van der Waals surface area (Å²) in [6.45, 7) is 2.47. The van der Waals surface area contributed by atoms with Gasteiger partial charge in [-0.25, -0.2) is 4.79 Å². The van der Waals surface area contributed by atoms with Crippen molar-refractivity contribution in [1.82, 2.24) is 10.2 Å². The number of nitrogens with one attached hydrogen (secondary N) is 2. The lowest BCUT2D eigenvalue weighted by Gasteiger charge is -2.29. The summed E-state index contributed by atoms with van der Waals surface area (Å²) in [5.41, 5.74) is 1.28. The molecule has 3 rings (SSSR count). The van der Waals surface area contributed by atoms with Gasteiger partial charge in [0.15, 0.2) is 0 Å². The van der Waals surface area contributed by atoms with Gasteiger partial charge in [0.1, 0.15) is 6.54 Å². The van der Waals surface area contributed by atoms with Gasteiger partial charge in [0.2, 0.25) is 11.8 Å². The van der Waals surface area contributed by atoms with E-state index in [9.17, 15) is 14.4 Å². The Morgan fingerprint density at radius 3 is 2.76 bits per heavy atom. The third-order valence-electron chi connectivity index (χ3n) is 4.59. The highest BCUT2D eigenvalue weighted by Gasteiger charge is 2.30. The van der Waals surface area contributed by atoms with E-state index in [0.29, 0.717) is 23.8 Å². The van der Waals surface area contributed by atoms with Crippen molar-refractivity contribution >= 4 is 29.2 Å². The molecule has 1 fully saturated rings. The average Bonchev–Trinajstić information content (AvgIpc) is 3.38. The van der Waals surface area contributed by atoms with Crippen molar-refractivity contribution in [2.75, 3.05) is 30.4 Å². The van der Waals surface area contributed by atoms with Crippen LogP contribution in [0.4, 0.5) is 16.2 Å². The number of hydrogen-bond acceptors (Lipinski definition) is 3. The van der Waals surface area contributed by atoms with Crippen LogP contribution in [-0.2, 0) is 9.59 Å². The van der Waals surface area contributed by atoms with Crippen LogP contribution in [0.5, 0.6) is 0 Å². The number of para-hydroxylation sites is 2. The highest BCUT2D eigenvalue weighted by molar-refractivity contribution is 6.05. The van der Waals surface area contributed by atoms with Gasteiger partial charge in [-0.1, -0.05) is 12.1 Å². The zero-order valence-electron chi connectivity index (χ0n) is 14.6. The molecule has 0 radical (unpaired) electrons. The number of fused-ring (bicyclic) bond motifs is 1. The Balaban J connectivity index is 1.71. The molecule has 0 aromatic heterocycles. The molecule has 0 bridgehead atoms. The SMILES string of the molecule is CC1CC(=O)Nc2ccccc2N1C(=O)CN(C)C(=O)NCC1CC1. The van der Waals surface area contributed by atoms with Crippen molar-refractivity contribution in [1.29, 1.82) is 0 Å². The van der Waals surface area contributed by atoms with Gasteiger partial charge < -0.3 is 20.4 Å². The largest absolute Gasteiger partial charge is 0.338 e. The average molecular weight is 344 g/mol. The monoisotopic (exact) mass is 344 g/mol. The Labute approximate surface area is 147 Å². The second-order valence-corrected chi connectivity index (χ2v) is 6.87. The zero-order chi connectivity index (χ0) is 18.0. The number of hydrogen-bond donors (Lipinski definition) is 2. The van der Waals surface area contributed by atoms with Gasteiger partial charge in [0.05, 0.1) is 11.4 Å². The van der Waals surface area contributed by atoms with E-state index >= 15 is 0 Å². The summed E-state index contributed by atoms with van der Waals surface area (Å²) < 4.78 is 0. The number of carbonyl (C=O) groups is 3. The number of anilines is 2. The molecule has 1 saturated carbocycles. The Morgan fingerprint density at radius 2 is 2.04 bits per heavy atom. The number of urea groups is 1. The first-order valence-corrected chi connectivity index (χ1v) is 8.65. The first-order valence-electron chi connectivity index (χ1n) is 8.65. The van der Waals surface area contributed by atoms with E-state index < -0.39 is 0 Å². The normalized spacial score (nSPS) is 19.5. The zero-order valence-corrected chi connectivity index (χ0v) is 14.6. The minimum absolute atomic E-state index is 0.0383. The molecule has 7 nitrogen and oxygen atoms in total. The van der Waals surface area contributed by atoms with E-state index in [1.807, 2.05) is 25.1 Å². The number of nitrogens with zero attached hydrogens (tertiary/aromatic N) is 2. The number of amides is 4. The molecule has 2 N–H and O–H groups in total. The van der Waals surface area contributed by atoms with E-state index in [0.717, 1.165) is 12.8 Å². The van der Waals surface area contributed by atoms with Crippen molar-refractivity contribution in [3.8, 4) is 0 Å². The standard InChI is InChI=1S/C18H24N4O3/c1-12-9-16(23)20-14-5-3-4-6-15(14)22(12)17(24)11-21(2)18(25)19-10-13-7-8-13/h3-6,12-13H,7-11H2,1-2H3,(H,19,25)(H,20,23). The molecule has 1 aromatic rings. The van der Waals surface area contributed by atoms with Crippen LogP contribution >= 0.6 is 0 Å². The fraction of sp³-hybridized carbons (Fsp3) is 0.500. The predicted octanol–water partition coefficient (Wildman–Crippen LogP) is 1.80. The van der Waals surface area contributed by atoms with Crippen molar-refractivity contribution < 1.29 is 14.4 Å². The summed E-state index contributed by atoms with van der Waals surface area (Å²) >= 11 is 0. The molecule has 134 valence electrons. The molecule has 1 aliphatic carbocycles.